The van der Waals surface area contributed by atoms with E-state index in [1.807, 2.05) is 66.9 Å². The van der Waals surface area contributed by atoms with Crippen LogP contribution in [0.25, 0.3) is 5.57 Å². The lowest BCUT2D eigenvalue weighted by atomic mass is 9.93. The van der Waals surface area contributed by atoms with Gasteiger partial charge in [-0.3, -0.25) is 4.99 Å². The van der Waals surface area contributed by atoms with Gasteiger partial charge in [-0.25, -0.2) is 9.59 Å². The molecule has 0 atom stereocenters. The molecule has 2 fully saturated rings. The molecule has 0 radical (unpaired) electrons. The van der Waals surface area contributed by atoms with Crippen molar-refractivity contribution < 1.29 is 19.1 Å². The maximum Gasteiger partial charge on any atom is 0.348 e. The van der Waals surface area contributed by atoms with E-state index in [-0.39, 0.29) is 5.57 Å². The first-order valence-electron chi connectivity index (χ1n) is 10.7. The number of carbonyl (C=O) groups is 2. The SMILES string of the molecule is O=C1OC2(CCCCC2)OC(=O)C1=CC=C(CC=Nc1ccccc1)c1ccccc1. The Morgan fingerprint density at radius 1 is 0.871 bits per heavy atom. The molecule has 1 saturated heterocycles. The Kier molecular flexibility index (Phi) is 6.41. The second-order valence-corrected chi connectivity index (χ2v) is 7.74. The van der Waals surface area contributed by atoms with E-state index in [4.69, 9.17) is 9.47 Å². The number of nitrogens with zero attached hydrogens (tertiary/aromatic N) is 1. The van der Waals surface area contributed by atoms with Crippen LogP contribution in [0.2, 0.25) is 0 Å². The van der Waals surface area contributed by atoms with Gasteiger partial charge in [0.1, 0.15) is 5.57 Å². The van der Waals surface area contributed by atoms with Gasteiger partial charge in [0.2, 0.25) is 0 Å². The van der Waals surface area contributed by atoms with E-state index in [1.54, 1.807) is 6.08 Å². The molecule has 2 aliphatic rings. The van der Waals surface area contributed by atoms with Crippen LogP contribution in [-0.2, 0) is 19.1 Å². The zero-order valence-electron chi connectivity index (χ0n) is 17.3. The number of allylic oxidation sites excluding steroid dienone is 3. The molecule has 1 heterocycles. The van der Waals surface area contributed by atoms with Gasteiger partial charge in [0, 0.05) is 25.5 Å². The van der Waals surface area contributed by atoms with E-state index in [0.717, 1.165) is 36.1 Å². The first-order chi connectivity index (χ1) is 15.2. The molecule has 0 amide bonds. The van der Waals surface area contributed by atoms with Crippen molar-refractivity contribution in [1.82, 2.24) is 0 Å². The molecule has 31 heavy (non-hydrogen) atoms. The van der Waals surface area contributed by atoms with E-state index in [2.05, 4.69) is 4.99 Å². The van der Waals surface area contributed by atoms with Crippen LogP contribution in [-0.4, -0.2) is 23.9 Å². The second kappa shape index (κ2) is 9.56. The van der Waals surface area contributed by atoms with Crippen molar-refractivity contribution in [1.29, 1.82) is 0 Å². The summed E-state index contributed by atoms with van der Waals surface area (Å²) in [4.78, 5) is 29.6. The third kappa shape index (κ3) is 5.18. The maximum atomic E-state index is 12.6. The molecule has 1 spiro atoms. The van der Waals surface area contributed by atoms with Gasteiger partial charge >= 0.3 is 11.9 Å². The van der Waals surface area contributed by atoms with Crippen LogP contribution in [0.4, 0.5) is 5.69 Å². The van der Waals surface area contributed by atoms with Gasteiger partial charge in [-0.1, -0.05) is 61.0 Å². The van der Waals surface area contributed by atoms with Gasteiger partial charge in [0.25, 0.3) is 5.79 Å². The molecule has 0 aromatic heterocycles. The molecule has 0 unspecified atom stereocenters. The Labute approximate surface area is 182 Å². The number of benzene rings is 2. The molecule has 0 N–H and O–H groups in total. The van der Waals surface area contributed by atoms with E-state index in [1.165, 1.54) is 6.08 Å². The Morgan fingerprint density at radius 2 is 1.48 bits per heavy atom. The van der Waals surface area contributed by atoms with Crippen LogP contribution in [0.15, 0.2) is 83.4 Å². The normalized spacial score (nSPS) is 18.7. The summed E-state index contributed by atoms with van der Waals surface area (Å²) >= 11 is 0. The van der Waals surface area contributed by atoms with Crippen LogP contribution in [0.5, 0.6) is 0 Å². The van der Waals surface area contributed by atoms with Crippen molar-refractivity contribution >= 4 is 29.4 Å². The monoisotopic (exact) mass is 415 g/mol. The summed E-state index contributed by atoms with van der Waals surface area (Å²) in [7, 11) is 0. The molecule has 0 bridgehead atoms. The Hall–Kier alpha value is -3.47. The van der Waals surface area contributed by atoms with Gasteiger partial charge in [-0.05, 0) is 42.2 Å². The van der Waals surface area contributed by atoms with Gasteiger partial charge in [0.15, 0.2) is 0 Å². The van der Waals surface area contributed by atoms with Crippen LogP contribution in [0.3, 0.4) is 0 Å². The summed E-state index contributed by atoms with van der Waals surface area (Å²) in [6, 6.07) is 19.5. The van der Waals surface area contributed by atoms with Crippen LogP contribution < -0.4 is 0 Å². The third-order valence-corrected chi connectivity index (χ3v) is 5.52. The Bertz CT molecular complexity index is 994. The number of esters is 2. The average molecular weight is 415 g/mol. The van der Waals surface area contributed by atoms with Gasteiger partial charge < -0.3 is 9.47 Å². The van der Waals surface area contributed by atoms with E-state index >= 15 is 0 Å². The number of rotatable bonds is 5. The maximum absolute atomic E-state index is 12.6. The van der Waals surface area contributed by atoms with Gasteiger partial charge in [-0.2, -0.15) is 0 Å². The molecule has 2 aromatic rings. The van der Waals surface area contributed by atoms with Crippen LogP contribution >= 0.6 is 0 Å². The summed E-state index contributed by atoms with van der Waals surface area (Å²) in [6.07, 6.45) is 9.60. The molecule has 1 aliphatic carbocycles. The molecule has 1 aliphatic heterocycles. The highest BCUT2D eigenvalue weighted by atomic mass is 16.7. The molecule has 158 valence electrons. The van der Waals surface area contributed by atoms with Crippen LogP contribution in [0.1, 0.15) is 44.1 Å². The van der Waals surface area contributed by atoms with E-state index in [0.29, 0.717) is 19.3 Å². The fourth-order valence-corrected chi connectivity index (χ4v) is 3.86. The zero-order chi connectivity index (χ0) is 21.5. The lowest BCUT2D eigenvalue weighted by molar-refractivity contribution is -0.244. The third-order valence-electron chi connectivity index (χ3n) is 5.52. The number of ether oxygens (including phenoxy) is 2. The highest BCUT2D eigenvalue weighted by molar-refractivity contribution is 6.15. The number of hydrogen-bond acceptors (Lipinski definition) is 5. The van der Waals surface area contributed by atoms with E-state index < -0.39 is 17.7 Å². The zero-order valence-corrected chi connectivity index (χ0v) is 17.3. The highest BCUT2D eigenvalue weighted by Gasteiger charge is 2.46. The molecular weight excluding hydrogens is 390 g/mol. The van der Waals surface area contributed by atoms with E-state index in [9.17, 15) is 9.59 Å². The molecule has 1 saturated carbocycles. The number of para-hydroxylation sites is 1. The molecule has 2 aromatic carbocycles. The molecule has 4 rings (SSSR count). The highest BCUT2D eigenvalue weighted by Crippen LogP contribution is 2.37. The number of hydrogen-bond donors (Lipinski definition) is 0. The number of aliphatic imine (C=N–C) groups is 1. The predicted octanol–water partition coefficient (Wildman–Crippen LogP) is 5.55. The summed E-state index contributed by atoms with van der Waals surface area (Å²) < 4.78 is 11.1. The van der Waals surface area contributed by atoms with Crippen molar-refractivity contribution in [3.8, 4) is 0 Å². The van der Waals surface area contributed by atoms with Crippen molar-refractivity contribution in [3.63, 3.8) is 0 Å². The second-order valence-electron chi connectivity index (χ2n) is 7.74. The average Bonchev–Trinajstić information content (AvgIpc) is 2.79. The Balaban J connectivity index is 1.55. The lowest BCUT2D eigenvalue weighted by Crippen LogP contribution is -2.47. The summed E-state index contributed by atoms with van der Waals surface area (Å²) in [5.41, 5.74) is 2.70. The standard InChI is InChI=1S/C26H25NO4/c28-24-23(25(29)31-26(30-24)17-8-3-9-18-26)15-14-21(20-10-4-1-5-11-20)16-19-27-22-12-6-2-7-13-22/h1-2,4-7,10-15,19H,3,8-9,16-18H2. The quantitative estimate of drug-likeness (QED) is 0.278. The topological polar surface area (TPSA) is 65.0 Å². The van der Waals surface area contributed by atoms with Gasteiger partial charge in [-0.15, -0.1) is 0 Å². The largest absolute Gasteiger partial charge is 0.419 e. The summed E-state index contributed by atoms with van der Waals surface area (Å²) in [6.45, 7) is 0. The van der Waals surface area contributed by atoms with Crippen molar-refractivity contribution in [2.24, 2.45) is 4.99 Å². The number of carbonyl (C=O) groups excluding carboxylic acids is 2. The molecule has 5 heteroatoms. The lowest BCUT2D eigenvalue weighted by Gasteiger charge is -2.38. The smallest absolute Gasteiger partial charge is 0.348 e. The summed E-state index contributed by atoms with van der Waals surface area (Å²) in [5, 5.41) is 0. The first kappa shape index (κ1) is 20.8. The fourth-order valence-electron chi connectivity index (χ4n) is 3.86. The minimum Gasteiger partial charge on any atom is -0.419 e. The molecule has 5 nitrogen and oxygen atoms in total. The van der Waals surface area contributed by atoms with Crippen LogP contribution in [0, 0.1) is 0 Å². The first-order valence-corrected chi connectivity index (χ1v) is 10.7. The van der Waals surface area contributed by atoms with Crippen molar-refractivity contribution in [3.05, 3.63) is 84.0 Å². The van der Waals surface area contributed by atoms with Crippen molar-refractivity contribution in [2.75, 3.05) is 0 Å². The summed E-state index contributed by atoms with van der Waals surface area (Å²) in [5.74, 6) is -2.29. The van der Waals surface area contributed by atoms with Crippen molar-refractivity contribution in [2.45, 2.75) is 44.3 Å². The minimum atomic E-state index is -1.07. The Morgan fingerprint density at radius 3 is 2.13 bits per heavy atom. The predicted molar refractivity (Wildman–Crippen MR) is 120 cm³/mol. The van der Waals surface area contributed by atoms with Gasteiger partial charge in [0.05, 0.1) is 5.69 Å². The fraction of sp³-hybridized carbons (Fsp3) is 0.269. The molecular formula is C26H25NO4. The minimum absolute atomic E-state index is 0.0790.